The highest BCUT2D eigenvalue weighted by Gasteiger charge is 2.19. The average molecular weight is 435 g/mol. The van der Waals surface area contributed by atoms with Crippen molar-refractivity contribution < 1.29 is 9.53 Å². The summed E-state index contributed by atoms with van der Waals surface area (Å²) in [5.41, 5.74) is 4.96. The summed E-state index contributed by atoms with van der Waals surface area (Å²) >= 11 is 0. The number of carbonyl (C=O) groups is 1. The molecular weight excluding hydrogens is 414 g/mol. The van der Waals surface area contributed by atoms with Gasteiger partial charge in [-0.25, -0.2) is 4.98 Å². The molecule has 0 atom stereocenters. The molecule has 33 heavy (non-hydrogen) atoms. The van der Waals surface area contributed by atoms with Crippen molar-refractivity contribution in [2.24, 2.45) is 0 Å². The van der Waals surface area contributed by atoms with Gasteiger partial charge >= 0.3 is 0 Å². The average Bonchev–Trinajstić information content (AvgIpc) is 3.32. The molecular formula is C26H21N5O2. The first-order chi connectivity index (χ1) is 16.3. The number of morpholine rings is 1. The molecule has 3 aromatic heterocycles. The van der Waals surface area contributed by atoms with Crippen LogP contribution < -0.4 is 0 Å². The third-order valence-corrected chi connectivity index (χ3v) is 6.08. The van der Waals surface area contributed by atoms with Gasteiger partial charge in [-0.15, -0.1) is 0 Å². The second-order valence-corrected chi connectivity index (χ2v) is 8.06. The first-order valence-electron chi connectivity index (χ1n) is 10.9. The first kappa shape index (κ1) is 19.6. The topological polar surface area (TPSA) is 84.0 Å². The summed E-state index contributed by atoms with van der Waals surface area (Å²) in [5, 5.41) is 10.7. The summed E-state index contributed by atoms with van der Waals surface area (Å²) in [6, 6.07) is 19.8. The van der Waals surface area contributed by atoms with Crippen LogP contribution in [0, 0.1) is 0 Å². The van der Waals surface area contributed by atoms with Gasteiger partial charge in [0.05, 0.1) is 24.6 Å². The van der Waals surface area contributed by atoms with E-state index in [1.165, 1.54) is 0 Å². The Bertz CT molecular complexity index is 1460. The monoisotopic (exact) mass is 435 g/mol. The normalized spacial score (nSPS) is 14.1. The fourth-order valence-electron chi connectivity index (χ4n) is 4.32. The number of benzene rings is 2. The zero-order chi connectivity index (χ0) is 22.2. The third-order valence-electron chi connectivity index (χ3n) is 6.08. The highest BCUT2D eigenvalue weighted by atomic mass is 16.5. The van der Waals surface area contributed by atoms with Crippen LogP contribution in [0.5, 0.6) is 0 Å². The molecule has 1 N–H and O–H groups in total. The van der Waals surface area contributed by atoms with Crippen LogP contribution >= 0.6 is 0 Å². The van der Waals surface area contributed by atoms with Gasteiger partial charge < -0.3 is 9.64 Å². The molecule has 0 radical (unpaired) electrons. The van der Waals surface area contributed by atoms with Crippen molar-refractivity contribution >= 4 is 27.7 Å². The van der Waals surface area contributed by atoms with E-state index in [2.05, 4.69) is 21.2 Å². The molecule has 0 unspecified atom stereocenters. The molecule has 0 aliphatic carbocycles. The minimum Gasteiger partial charge on any atom is -0.378 e. The van der Waals surface area contributed by atoms with Gasteiger partial charge in [0.1, 0.15) is 0 Å². The number of nitrogens with zero attached hydrogens (tertiary/aromatic N) is 4. The molecule has 4 heterocycles. The van der Waals surface area contributed by atoms with Gasteiger partial charge in [-0.2, -0.15) is 5.10 Å². The Morgan fingerprint density at radius 1 is 0.909 bits per heavy atom. The number of rotatable bonds is 3. The molecule has 0 bridgehead atoms. The molecule has 1 aliphatic rings. The van der Waals surface area contributed by atoms with Crippen molar-refractivity contribution in [3.05, 3.63) is 78.6 Å². The largest absolute Gasteiger partial charge is 0.378 e. The lowest BCUT2D eigenvalue weighted by molar-refractivity contribution is 0.0303. The van der Waals surface area contributed by atoms with Gasteiger partial charge in [-0.1, -0.05) is 36.4 Å². The highest BCUT2D eigenvalue weighted by Crippen LogP contribution is 2.30. The Morgan fingerprint density at radius 3 is 2.58 bits per heavy atom. The number of hydrogen-bond acceptors (Lipinski definition) is 5. The van der Waals surface area contributed by atoms with Crippen LogP contribution in [0.2, 0.25) is 0 Å². The number of hydrogen-bond donors (Lipinski definition) is 1. The summed E-state index contributed by atoms with van der Waals surface area (Å²) in [5.74, 6) is 0.0364. The summed E-state index contributed by atoms with van der Waals surface area (Å²) < 4.78 is 5.34. The van der Waals surface area contributed by atoms with Gasteiger partial charge in [-0.05, 0) is 29.7 Å². The molecule has 7 heteroatoms. The van der Waals surface area contributed by atoms with Gasteiger partial charge in [0.2, 0.25) is 0 Å². The number of carbonyl (C=O) groups excluding carboxylic acids is 1. The maximum Gasteiger partial charge on any atom is 0.254 e. The van der Waals surface area contributed by atoms with E-state index in [4.69, 9.17) is 9.72 Å². The number of amides is 1. The maximum absolute atomic E-state index is 12.7. The lowest BCUT2D eigenvalue weighted by Crippen LogP contribution is -2.40. The Kier molecular flexibility index (Phi) is 4.81. The number of ether oxygens (including phenoxy) is 1. The molecule has 6 rings (SSSR count). The Morgan fingerprint density at radius 2 is 1.73 bits per heavy atom. The van der Waals surface area contributed by atoms with Crippen molar-refractivity contribution in [2.45, 2.75) is 0 Å². The van der Waals surface area contributed by atoms with Crippen molar-refractivity contribution in [2.75, 3.05) is 26.3 Å². The van der Waals surface area contributed by atoms with E-state index in [1.807, 2.05) is 71.9 Å². The van der Waals surface area contributed by atoms with Crippen molar-refractivity contribution in [3.63, 3.8) is 0 Å². The van der Waals surface area contributed by atoms with Crippen molar-refractivity contribution in [1.29, 1.82) is 0 Å². The van der Waals surface area contributed by atoms with Crippen molar-refractivity contribution in [3.8, 4) is 22.5 Å². The summed E-state index contributed by atoms with van der Waals surface area (Å²) in [4.78, 5) is 23.7. The molecule has 5 aromatic rings. The number of pyridine rings is 2. The summed E-state index contributed by atoms with van der Waals surface area (Å²) in [6.45, 7) is 2.44. The van der Waals surface area contributed by atoms with Gasteiger partial charge in [-0.3, -0.25) is 14.9 Å². The van der Waals surface area contributed by atoms with E-state index >= 15 is 0 Å². The van der Waals surface area contributed by atoms with Gasteiger partial charge in [0.15, 0.2) is 5.65 Å². The molecule has 1 saturated heterocycles. The van der Waals surface area contributed by atoms with E-state index < -0.39 is 0 Å². The van der Waals surface area contributed by atoms with E-state index in [1.54, 1.807) is 0 Å². The van der Waals surface area contributed by atoms with Crippen LogP contribution in [0.1, 0.15) is 10.4 Å². The zero-order valence-electron chi connectivity index (χ0n) is 17.9. The smallest absolute Gasteiger partial charge is 0.254 e. The lowest BCUT2D eigenvalue weighted by atomic mass is 10.0. The SMILES string of the molecule is O=C(c1ccc(-c2[nH]nc3nc(-c4cncc5ccccc45)ccc23)cc1)N1CCOCC1. The Hall–Kier alpha value is -4.10. The predicted molar refractivity (Wildman–Crippen MR) is 127 cm³/mol. The summed E-state index contributed by atoms with van der Waals surface area (Å²) in [6.07, 6.45) is 3.70. The minimum atomic E-state index is 0.0364. The van der Waals surface area contributed by atoms with E-state index in [0.717, 1.165) is 38.7 Å². The van der Waals surface area contributed by atoms with Crippen LogP contribution in [0.3, 0.4) is 0 Å². The number of aromatic nitrogens is 4. The van der Waals surface area contributed by atoms with E-state index in [0.29, 0.717) is 37.5 Å². The minimum absolute atomic E-state index is 0.0364. The van der Waals surface area contributed by atoms with Crippen LogP contribution in [0.25, 0.3) is 44.3 Å². The molecule has 2 aromatic carbocycles. The van der Waals surface area contributed by atoms with Crippen LogP contribution in [-0.2, 0) is 4.74 Å². The first-order valence-corrected chi connectivity index (χ1v) is 10.9. The molecule has 0 saturated carbocycles. The highest BCUT2D eigenvalue weighted by molar-refractivity contribution is 5.98. The predicted octanol–water partition coefficient (Wildman–Crippen LogP) is 4.31. The van der Waals surface area contributed by atoms with Gasteiger partial charge in [0.25, 0.3) is 5.91 Å². The van der Waals surface area contributed by atoms with E-state index in [9.17, 15) is 4.79 Å². The quantitative estimate of drug-likeness (QED) is 0.456. The molecule has 162 valence electrons. The summed E-state index contributed by atoms with van der Waals surface area (Å²) in [7, 11) is 0. The number of H-pyrrole nitrogens is 1. The van der Waals surface area contributed by atoms with E-state index in [-0.39, 0.29) is 5.91 Å². The fraction of sp³-hybridized carbons (Fsp3) is 0.154. The molecule has 1 fully saturated rings. The third kappa shape index (κ3) is 3.52. The zero-order valence-corrected chi connectivity index (χ0v) is 17.9. The lowest BCUT2D eigenvalue weighted by Gasteiger charge is -2.26. The fourth-order valence-corrected chi connectivity index (χ4v) is 4.32. The Labute approximate surface area is 190 Å². The molecule has 7 nitrogen and oxygen atoms in total. The Balaban J connectivity index is 1.32. The number of aromatic amines is 1. The molecule has 1 amide bonds. The number of fused-ring (bicyclic) bond motifs is 2. The second-order valence-electron chi connectivity index (χ2n) is 8.06. The molecule has 1 aliphatic heterocycles. The molecule has 0 spiro atoms. The van der Waals surface area contributed by atoms with Crippen LogP contribution in [-0.4, -0.2) is 57.3 Å². The van der Waals surface area contributed by atoms with Gasteiger partial charge in [0, 0.05) is 52.9 Å². The van der Waals surface area contributed by atoms with Crippen LogP contribution in [0.15, 0.2) is 73.1 Å². The van der Waals surface area contributed by atoms with Crippen LogP contribution in [0.4, 0.5) is 0 Å². The maximum atomic E-state index is 12.7. The van der Waals surface area contributed by atoms with Crippen molar-refractivity contribution in [1.82, 2.24) is 25.1 Å². The standard InChI is InChI=1S/C26H21N5O2/c32-26(31-11-13-33-14-12-31)18-7-5-17(6-8-18)24-21-9-10-23(28-25(21)30-29-24)22-16-27-15-19-3-1-2-4-20(19)22/h1-10,15-16H,11-14H2,(H,28,29,30). The number of nitrogens with one attached hydrogen (secondary N) is 1. The second kappa shape index (κ2) is 8.11.